The second kappa shape index (κ2) is 9.58. The van der Waals surface area contributed by atoms with E-state index < -0.39 is 0 Å². The van der Waals surface area contributed by atoms with Crippen molar-refractivity contribution < 1.29 is 4.74 Å². The van der Waals surface area contributed by atoms with Crippen LogP contribution in [0.15, 0.2) is 58.5 Å². The molecule has 2 aromatic carbocycles. The largest absolute Gasteiger partial charge is 0.486 e. The molecule has 160 valence electrons. The maximum atomic E-state index is 12.4. The molecule has 8 heteroatoms. The van der Waals surface area contributed by atoms with Crippen LogP contribution in [-0.2, 0) is 25.3 Å². The highest BCUT2D eigenvalue weighted by Crippen LogP contribution is 2.24. The standard InChI is InChI=1S/C23H23ClN4O2S/c1-3-15-8-10-17(11-9-15)30-13-21-26-27-23(28(21)4-2)31-14-16-12-20(29)18-6-5-7-19(24)22(18)25-16/h5-12H,3-4,13-14H2,1-2H3,(H,25,29). The van der Waals surface area contributed by atoms with Gasteiger partial charge in [-0.05, 0) is 43.2 Å². The Bertz CT molecular complexity index is 1250. The van der Waals surface area contributed by atoms with Crippen LogP contribution in [0.3, 0.4) is 0 Å². The average molecular weight is 455 g/mol. The Balaban J connectivity index is 1.47. The zero-order valence-electron chi connectivity index (χ0n) is 17.4. The number of pyridine rings is 1. The zero-order valence-corrected chi connectivity index (χ0v) is 19.0. The highest BCUT2D eigenvalue weighted by Gasteiger charge is 2.13. The lowest BCUT2D eigenvalue weighted by atomic mass is 10.2. The number of aromatic nitrogens is 4. The van der Waals surface area contributed by atoms with Gasteiger partial charge in [-0.25, -0.2) is 0 Å². The Kier molecular flexibility index (Phi) is 6.63. The lowest BCUT2D eigenvalue weighted by molar-refractivity contribution is 0.288. The van der Waals surface area contributed by atoms with Gasteiger partial charge >= 0.3 is 0 Å². The van der Waals surface area contributed by atoms with Crippen molar-refractivity contribution >= 4 is 34.3 Å². The summed E-state index contributed by atoms with van der Waals surface area (Å²) in [5.41, 5.74) is 2.67. The maximum Gasteiger partial charge on any atom is 0.191 e. The van der Waals surface area contributed by atoms with Gasteiger partial charge in [-0.15, -0.1) is 10.2 Å². The molecule has 0 aliphatic heterocycles. The van der Waals surface area contributed by atoms with Crippen molar-refractivity contribution in [3.05, 3.63) is 80.9 Å². The van der Waals surface area contributed by atoms with E-state index in [1.807, 2.05) is 23.6 Å². The third-order valence-corrected chi connectivity index (χ3v) is 6.37. The van der Waals surface area contributed by atoms with E-state index in [0.29, 0.717) is 28.3 Å². The van der Waals surface area contributed by atoms with Gasteiger partial charge in [-0.1, -0.05) is 48.5 Å². The van der Waals surface area contributed by atoms with Gasteiger partial charge < -0.3 is 14.3 Å². The van der Waals surface area contributed by atoms with Gasteiger partial charge in [0, 0.05) is 29.4 Å². The first-order chi connectivity index (χ1) is 15.1. The molecular weight excluding hydrogens is 432 g/mol. The summed E-state index contributed by atoms with van der Waals surface area (Å²) in [6.07, 6.45) is 1.000. The van der Waals surface area contributed by atoms with Gasteiger partial charge in [0.05, 0.1) is 10.5 Å². The Morgan fingerprint density at radius 3 is 2.68 bits per heavy atom. The van der Waals surface area contributed by atoms with Crippen LogP contribution < -0.4 is 10.2 Å². The van der Waals surface area contributed by atoms with Crippen molar-refractivity contribution in [2.45, 2.75) is 44.3 Å². The minimum Gasteiger partial charge on any atom is -0.486 e. The quantitative estimate of drug-likeness (QED) is 0.369. The van der Waals surface area contributed by atoms with Crippen LogP contribution >= 0.6 is 23.4 Å². The van der Waals surface area contributed by atoms with Gasteiger partial charge in [0.25, 0.3) is 0 Å². The Hall–Kier alpha value is -2.77. The molecule has 0 fully saturated rings. The Labute approximate surface area is 189 Å². The summed E-state index contributed by atoms with van der Waals surface area (Å²) in [5, 5.41) is 10.5. The number of rotatable bonds is 8. The second-order valence-corrected chi connectivity index (χ2v) is 8.39. The molecular formula is C23H23ClN4O2S. The van der Waals surface area contributed by atoms with Crippen LogP contribution in [0.5, 0.6) is 5.75 Å². The molecule has 0 atom stereocenters. The molecule has 0 spiro atoms. The van der Waals surface area contributed by atoms with Crippen LogP contribution in [0, 0.1) is 0 Å². The lowest BCUT2D eigenvalue weighted by Gasteiger charge is -2.10. The first-order valence-corrected chi connectivity index (χ1v) is 11.5. The van der Waals surface area contributed by atoms with Crippen LogP contribution in [0.25, 0.3) is 10.9 Å². The number of H-pyrrole nitrogens is 1. The molecule has 0 amide bonds. The molecule has 0 bridgehead atoms. The van der Waals surface area contributed by atoms with Gasteiger partial charge in [0.1, 0.15) is 12.4 Å². The minimum atomic E-state index is -0.0491. The zero-order chi connectivity index (χ0) is 21.8. The number of hydrogen-bond acceptors (Lipinski definition) is 5. The fourth-order valence-corrected chi connectivity index (χ4v) is 4.48. The number of aryl methyl sites for hydroxylation is 1. The second-order valence-electron chi connectivity index (χ2n) is 7.04. The van der Waals surface area contributed by atoms with Crippen LogP contribution in [0.2, 0.25) is 5.02 Å². The number of nitrogens with one attached hydrogen (secondary N) is 1. The molecule has 4 rings (SSSR count). The number of hydrogen-bond donors (Lipinski definition) is 1. The molecule has 0 aliphatic rings. The van der Waals surface area contributed by atoms with E-state index in [0.717, 1.165) is 35.4 Å². The number of thioether (sulfide) groups is 1. The van der Waals surface area contributed by atoms with Crippen molar-refractivity contribution in [2.24, 2.45) is 0 Å². The molecule has 0 radical (unpaired) electrons. The van der Waals surface area contributed by atoms with E-state index in [1.165, 1.54) is 17.3 Å². The first-order valence-electron chi connectivity index (χ1n) is 10.2. The van der Waals surface area contributed by atoms with Gasteiger partial charge in [-0.3, -0.25) is 4.79 Å². The van der Waals surface area contributed by atoms with Crippen LogP contribution in [-0.4, -0.2) is 19.7 Å². The summed E-state index contributed by atoms with van der Waals surface area (Å²) in [7, 11) is 0. The smallest absolute Gasteiger partial charge is 0.191 e. The van der Waals surface area contributed by atoms with E-state index in [9.17, 15) is 4.79 Å². The van der Waals surface area contributed by atoms with Crippen molar-refractivity contribution in [3.63, 3.8) is 0 Å². The number of halogens is 1. The van der Waals surface area contributed by atoms with E-state index in [1.54, 1.807) is 24.3 Å². The van der Waals surface area contributed by atoms with Crippen LogP contribution in [0.1, 0.15) is 30.9 Å². The van der Waals surface area contributed by atoms with Gasteiger partial charge in [-0.2, -0.15) is 0 Å². The number of nitrogens with zero attached hydrogens (tertiary/aromatic N) is 3. The molecule has 1 N–H and O–H groups in total. The highest BCUT2D eigenvalue weighted by atomic mass is 35.5. The van der Waals surface area contributed by atoms with Crippen molar-refractivity contribution in [3.8, 4) is 5.75 Å². The summed E-state index contributed by atoms with van der Waals surface area (Å²) in [4.78, 5) is 15.7. The van der Waals surface area contributed by atoms with E-state index >= 15 is 0 Å². The van der Waals surface area contributed by atoms with Crippen molar-refractivity contribution in [1.82, 2.24) is 19.7 Å². The van der Waals surface area contributed by atoms with Crippen LogP contribution in [0.4, 0.5) is 0 Å². The fourth-order valence-electron chi connectivity index (χ4n) is 3.33. The SMILES string of the molecule is CCc1ccc(OCc2nnc(SCc3cc(=O)c4cccc(Cl)c4[nH]3)n2CC)cc1. The molecule has 2 aromatic heterocycles. The number of ether oxygens (including phenoxy) is 1. The monoisotopic (exact) mass is 454 g/mol. The molecule has 0 saturated heterocycles. The van der Waals surface area contributed by atoms with E-state index in [-0.39, 0.29) is 5.43 Å². The molecule has 31 heavy (non-hydrogen) atoms. The van der Waals surface area contributed by atoms with Crippen molar-refractivity contribution in [2.75, 3.05) is 0 Å². The molecule has 0 aliphatic carbocycles. The number of aromatic amines is 1. The molecule has 4 aromatic rings. The predicted molar refractivity (Wildman–Crippen MR) is 125 cm³/mol. The Morgan fingerprint density at radius 2 is 1.94 bits per heavy atom. The fraction of sp³-hybridized carbons (Fsp3) is 0.261. The van der Waals surface area contributed by atoms with Gasteiger partial charge in [0.2, 0.25) is 0 Å². The minimum absolute atomic E-state index is 0.0491. The number of para-hydroxylation sites is 1. The number of benzene rings is 2. The summed E-state index contributed by atoms with van der Waals surface area (Å²) in [6, 6.07) is 15.0. The molecule has 6 nitrogen and oxygen atoms in total. The summed E-state index contributed by atoms with van der Waals surface area (Å²) >= 11 is 7.77. The summed E-state index contributed by atoms with van der Waals surface area (Å²) < 4.78 is 7.92. The van der Waals surface area contributed by atoms with E-state index in [2.05, 4.69) is 34.2 Å². The Morgan fingerprint density at radius 1 is 1.13 bits per heavy atom. The molecule has 2 heterocycles. The van der Waals surface area contributed by atoms with E-state index in [4.69, 9.17) is 16.3 Å². The summed E-state index contributed by atoms with van der Waals surface area (Å²) in [6.45, 7) is 5.24. The van der Waals surface area contributed by atoms with Gasteiger partial charge in [0.15, 0.2) is 16.4 Å². The normalized spacial score (nSPS) is 11.2. The third-order valence-electron chi connectivity index (χ3n) is 5.04. The first kappa shape index (κ1) is 21.5. The molecule has 0 unspecified atom stereocenters. The van der Waals surface area contributed by atoms with Crippen molar-refractivity contribution in [1.29, 1.82) is 0 Å². The third kappa shape index (κ3) is 4.78. The highest BCUT2D eigenvalue weighted by molar-refractivity contribution is 7.98. The topological polar surface area (TPSA) is 72.8 Å². The summed E-state index contributed by atoms with van der Waals surface area (Å²) in [5.74, 6) is 2.12. The maximum absolute atomic E-state index is 12.4. The number of fused-ring (bicyclic) bond motifs is 1. The predicted octanol–water partition coefficient (Wildman–Crippen LogP) is 5.23. The molecule has 0 saturated carbocycles. The average Bonchev–Trinajstić information content (AvgIpc) is 3.19. The lowest BCUT2D eigenvalue weighted by Crippen LogP contribution is -2.07.